The Labute approximate surface area is 119 Å². The van der Waals surface area contributed by atoms with E-state index >= 15 is 0 Å². The Balaban J connectivity index is 2.58. The second-order valence-electron chi connectivity index (χ2n) is 5.33. The molecule has 0 atom stereocenters. The number of rotatable bonds is 4. The third-order valence-electron chi connectivity index (χ3n) is 3.29. The summed E-state index contributed by atoms with van der Waals surface area (Å²) in [5.74, 6) is 0. The summed E-state index contributed by atoms with van der Waals surface area (Å²) in [5.41, 5.74) is -1.14. The lowest BCUT2D eigenvalue weighted by molar-refractivity contribution is -0.601. The maximum absolute atomic E-state index is 12.3. The fraction of sp³-hybridized carbons (Fsp3) is 0.308. The maximum atomic E-state index is 12.3. The molecular weight excluding hydrogens is 278 g/mol. The third kappa shape index (κ3) is 2.60. The lowest BCUT2D eigenvalue weighted by Gasteiger charge is -2.15. The summed E-state index contributed by atoms with van der Waals surface area (Å²) in [4.78, 5) is 20.9. The molecule has 8 nitrogen and oxygen atoms in total. The highest BCUT2D eigenvalue weighted by Crippen LogP contribution is 2.24. The average Bonchev–Trinajstić information content (AvgIpc) is 2.41. The lowest BCUT2D eigenvalue weighted by Crippen LogP contribution is -2.41. The van der Waals surface area contributed by atoms with Crippen LogP contribution in [0.2, 0.25) is 0 Å². The van der Waals surface area contributed by atoms with Crippen LogP contribution in [0.25, 0.3) is 10.9 Å². The van der Waals surface area contributed by atoms with E-state index in [9.17, 15) is 25.4 Å². The molecule has 0 saturated heterocycles. The predicted octanol–water partition coefficient (Wildman–Crippen LogP) is 1.98. The van der Waals surface area contributed by atoms with Crippen LogP contribution in [0.4, 0.5) is 5.69 Å². The first kappa shape index (κ1) is 14.6. The minimum absolute atomic E-state index is 0.0673. The Hall–Kier alpha value is -2.77. The molecule has 0 bridgehead atoms. The number of fused-ring (bicyclic) bond motifs is 1. The molecule has 0 N–H and O–H groups in total. The number of nitrogens with zero attached hydrogens (tertiary/aromatic N) is 3. The summed E-state index contributed by atoms with van der Waals surface area (Å²) >= 11 is 0. The maximum Gasteiger partial charge on any atom is 0.283 e. The Morgan fingerprint density at radius 1 is 1.14 bits per heavy atom. The van der Waals surface area contributed by atoms with Gasteiger partial charge in [-0.15, -0.1) is 0 Å². The zero-order valence-electron chi connectivity index (χ0n) is 11.5. The minimum atomic E-state index is -1.29. The van der Waals surface area contributed by atoms with Crippen LogP contribution < -0.4 is 4.73 Å². The number of non-ortho nitro benzene ring substituents is 1. The number of benzene rings is 1. The van der Waals surface area contributed by atoms with Crippen molar-refractivity contribution in [1.82, 2.24) is 0 Å². The monoisotopic (exact) mass is 291 g/mol. The van der Waals surface area contributed by atoms with Gasteiger partial charge in [0.1, 0.15) is 11.8 Å². The molecule has 0 spiro atoms. The van der Waals surface area contributed by atoms with E-state index in [0.29, 0.717) is 4.73 Å². The van der Waals surface area contributed by atoms with Crippen LogP contribution in [0.3, 0.4) is 0 Å². The van der Waals surface area contributed by atoms with Gasteiger partial charge in [-0.3, -0.25) is 20.2 Å². The van der Waals surface area contributed by atoms with Crippen LogP contribution >= 0.6 is 0 Å². The highest BCUT2D eigenvalue weighted by Gasteiger charge is 2.34. The summed E-state index contributed by atoms with van der Waals surface area (Å²) < 4.78 is 0.521. The van der Waals surface area contributed by atoms with Gasteiger partial charge in [0.25, 0.3) is 5.69 Å². The number of aromatic nitrogens is 1. The van der Waals surface area contributed by atoms with E-state index in [4.69, 9.17) is 0 Å². The summed E-state index contributed by atoms with van der Waals surface area (Å²) in [5, 5.41) is 34.4. The van der Waals surface area contributed by atoms with Gasteiger partial charge in [-0.1, -0.05) is 0 Å². The number of nitro groups is 2. The first-order valence-electron chi connectivity index (χ1n) is 6.17. The molecule has 2 rings (SSSR count). The Bertz CT molecular complexity index is 742. The van der Waals surface area contributed by atoms with Crippen molar-refractivity contribution in [2.24, 2.45) is 0 Å². The van der Waals surface area contributed by atoms with Crippen LogP contribution in [0.15, 0.2) is 30.3 Å². The van der Waals surface area contributed by atoms with Gasteiger partial charge in [0.15, 0.2) is 0 Å². The number of nitro benzene ring substituents is 1. The second-order valence-corrected chi connectivity index (χ2v) is 5.33. The van der Waals surface area contributed by atoms with Gasteiger partial charge in [-0.05, 0) is 12.1 Å². The molecule has 1 heterocycles. The largest absolute Gasteiger partial charge is 0.618 e. The molecule has 0 fully saturated rings. The van der Waals surface area contributed by atoms with Crippen molar-refractivity contribution >= 4 is 16.6 Å². The molecular formula is C13H13N3O5. The second kappa shape index (κ2) is 4.97. The van der Waals surface area contributed by atoms with Crippen molar-refractivity contribution in [3.05, 3.63) is 61.5 Å². The van der Waals surface area contributed by atoms with E-state index < -0.39 is 15.4 Å². The molecule has 110 valence electrons. The van der Waals surface area contributed by atoms with Gasteiger partial charge in [-0.2, -0.15) is 4.73 Å². The van der Waals surface area contributed by atoms with Crippen molar-refractivity contribution in [2.75, 3.05) is 0 Å². The van der Waals surface area contributed by atoms with Crippen LogP contribution in [-0.4, -0.2) is 15.4 Å². The molecule has 0 aliphatic heterocycles. The summed E-state index contributed by atoms with van der Waals surface area (Å²) in [6.07, 6.45) is -0.0673. The van der Waals surface area contributed by atoms with Crippen LogP contribution in [0, 0.1) is 25.4 Å². The van der Waals surface area contributed by atoms with Gasteiger partial charge in [-0.25, -0.2) is 0 Å². The average molecular weight is 291 g/mol. The number of pyridine rings is 1. The van der Waals surface area contributed by atoms with Crippen molar-refractivity contribution in [3.63, 3.8) is 0 Å². The highest BCUT2D eigenvalue weighted by molar-refractivity contribution is 5.85. The van der Waals surface area contributed by atoms with E-state index in [0.717, 1.165) is 0 Å². The van der Waals surface area contributed by atoms with E-state index in [1.807, 2.05) is 0 Å². The van der Waals surface area contributed by atoms with Crippen molar-refractivity contribution in [1.29, 1.82) is 0 Å². The first-order chi connectivity index (χ1) is 9.74. The number of hydrogen-bond acceptors (Lipinski definition) is 5. The minimum Gasteiger partial charge on any atom is -0.618 e. The van der Waals surface area contributed by atoms with Crippen LogP contribution in [0.1, 0.15) is 19.5 Å². The van der Waals surface area contributed by atoms with Crippen molar-refractivity contribution < 1.29 is 14.6 Å². The molecule has 0 amide bonds. The van der Waals surface area contributed by atoms with E-state index in [1.165, 1.54) is 44.2 Å². The quantitative estimate of drug-likeness (QED) is 0.370. The van der Waals surface area contributed by atoms with Gasteiger partial charge in [0, 0.05) is 37.0 Å². The molecule has 1 aromatic carbocycles. The standard InChI is InChI=1S/C13H13N3O5/c1-13(2,16(20)21)8-9-6-7-10-11(14(9)17)4-3-5-12(10)15(18)19/h3-7H,8H2,1-2H3. The fourth-order valence-electron chi connectivity index (χ4n) is 2.09. The Morgan fingerprint density at radius 2 is 1.81 bits per heavy atom. The van der Waals surface area contributed by atoms with Crippen LogP contribution in [0.5, 0.6) is 0 Å². The lowest BCUT2D eigenvalue weighted by atomic mass is 9.98. The summed E-state index contributed by atoms with van der Waals surface area (Å²) in [6, 6.07) is 7.03. The zero-order valence-corrected chi connectivity index (χ0v) is 11.5. The summed E-state index contributed by atoms with van der Waals surface area (Å²) in [6.45, 7) is 2.84. The van der Waals surface area contributed by atoms with E-state index in [2.05, 4.69) is 0 Å². The Morgan fingerprint density at radius 3 is 2.38 bits per heavy atom. The SMILES string of the molecule is CC(C)(Cc1ccc2c([N+](=O)[O-])cccc2[n+]1[O-])[N+](=O)[O-]. The van der Waals surface area contributed by atoms with Crippen molar-refractivity contribution in [3.8, 4) is 0 Å². The van der Waals surface area contributed by atoms with Gasteiger partial charge in [0.05, 0.1) is 4.92 Å². The van der Waals surface area contributed by atoms with Crippen molar-refractivity contribution in [2.45, 2.75) is 25.8 Å². The molecule has 0 aliphatic rings. The van der Waals surface area contributed by atoms with Gasteiger partial charge in [0.2, 0.25) is 16.7 Å². The molecule has 0 unspecified atom stereocenters. The van der Waals surface area contributed by atoms with E-state index in [1.54, 1.807) is 0 Å². The Kier molecular flexibility index (Phi) is 3.46. The van der Waals surface area contributed by atoms with Gasteiger partial charge >= 0.3 is 0 Å². The first-order valence-corrected chi connectivity index (χ1v) is 6.17. The molecule has 21 heavy (non-hydrogen) atoms. The molecule has 2 aromatic rings. The van der Waals surface area contributed by atoms with E-state index in [-0.39, 0.29) is 28.7 Å². The molecule has 0 saturated carbocycles. The topological polar surface area (TPSA) is 113 Å². The fourth-order valence-corrected chi connectivity index (χ4v) is 2.09. The highest BCUT2D eigenvalue weighted by atomic mass is 16.6. The predicted molar refractivity (Wildman–Crippen MR) is 74.3 cm³/mol. The number of hydrogen-bond donors (Lipinski definition) is 0. The molecule has 0 radical (unpaired) electrons. The molecule has 0 aliphatic carbocycles. The third-order valence-corrected chi connectivity index (χ3v) is 3.29. The van der Waals surface area contributed by atoms with Gasteiger partial charge < -0.3 is 5.21 Å². The molecule has 8 heteroatoms. The summed E-state index contributed by atoms with van der Waals surface area (Å²) in [7, 11) is 0. The normalized spacial score (nSPS) is 11.5. The van der Waals surface area contributed by atoms with Crippen LogP contribution in [-0.2, 0) is 6.42 Å². The smallest absolute Gasteiger partial charge is 0.283 e. The molecule has 1 aromatic heterocycles. The zero-order chi connectivity index (χ0) is 15.8.